The number of rotatable bonds is 1. The van der Waals surface area contributed by atoms with Crippen LogP contribution in [0.15, 0.2) is 4.63 Å². The molecule has 70 valence electrons. The van der Waals surface area contributed by atoms with Crippen LogP contribution in [-0.2, 0) is 4.79 Å². The largest absolute Gasteiger partial charge is 0.379 e. The van der Waals surface area contributed by atoms with Crippen molar-refractivity contribution >= 4 is 17.6 Å². The second kappa shape index (κ2) is 3.52. The zero-order chi connectivity index (χ0) is 9.84. The second-order valence-electron chi connectivity index (χ2n) is 2.13. The van der Waals surface area contributed by atoms with E-state index in [-0.39, 0.29) is 11.5 Å². The van der Waals surface area contributed by atoms with Crippen molar-refractivity contribution in [3.63, 3.8) is 0 Å². The van der Waals surface area contributed by atoms with Crippen molar-refractivity contribution in [2.45, 2.75) is 6.92 Å². The van der Waals surface area contributed by atoms with E-state index < -0.39 is 11.8 Å². The van der Waals surface area contributed by atoms with Gasteiger partial charge < -0.3 is 5.73 Å². The van der Waals surface area contributed by atoms with Crippen LogP contribution < -0.4 is 16.6 Å². The maximum atomic E-state index is 11.1. The Bertz CT molecular complexity index is 333. The second-order valence-corrected chi connectivity index (χ2v) is 2.13. The maximum Gasteiger partial charge on any atom is 0.295 e. The van der Waals surface area contributed by atoms with E-state index in [1.807, 2.05) is 5.43 Å². The van der Waals surface area contributed by atoms with Gasteiger partial charge in [0.15, 0.2) is 0 Å². The number of carbonyl (C=O) groups excluding carboxylic acids is 2. The quantitative estimate of drug-likeness (QED) is 0.454. The van der Waals surface area contributed by atoms with Gasteiger partial charge in [-0.25, -0.2) is 4.63 Å². The molecule has 1 aromatic heterocycles. The third-order valence-electron chi connectivity index (χ3n) is 1.08. The lowest BCUT2D eigenvalue weighted by atomic mass is 10.4. The highest BCUT2D eigenvalue weighted by Crippen LogP contribution is 2.01. The minimum atomic E-state index is -0.686. The molecule has 0 aromatic carbocycles. The SMILES string of the molecule is CC(=O)NNC(=O)c1nonc1N. The first kappa shape index (κ1) is 8.97. The van der Waals surface area contributed by atoms with Crippen molar-refractivity contribution in [1.29, 1.82) is 0 Å². The lowest BCUT2D eigenvalue weighted by Gasteiger charge is -2.00. The summed E-state index contributed by atoms with van der Waals surface area (Å²) in [5.74, 6) is -1.24. The van der Waals surface area contributed by atoms with Gasteiger partial charge in [-0.05, 0) is 10.3 Å². The first-order valence-electron chi connectivity index (χ1n) is 3.26. The smallest absolute Gasteiger partial charge is 0.295 e. The number of nitrogens with one attached hydrogen (secondary N) is 2. The predicted octanol–water partition coefficient (Wildman–Crippen LogP) is -1.57. The summed E-state index contributed by atoms with van der Waals surface area (Å²) in [4.78, 5) is 21.4. The molecule has 4 N–H and O–H groups in total. The number of aromatic nitrogens is 2. The van der Waals surface area contributed by atoms with E-state index in [0.29, 0.717) is 0 Å². The van der Waals surface area contributed by atoms with Crippen molar-refractivity contribution in [2.24, 2.45) is 0 Å². The van der Waals surface area contributed by atoms with E-state index in [1.165, 1.54) is 6.92 Å². The summed E-state index contributed by atoms with van der Waals surface area (Å²) in [5, 5.41) is 6.40. The van der Waals surface area contributed by atoms with Crippen LogP contribution in [0.5, 0.6) is 0 Å². The standard InChI is InChI=1S/C5H7N5O3/c1-2(11)7-8-5(12)3-4(6)10-13-9-3/h1H3,(H2,6,10)(H,7,11)(H,8,12). The molecule has 0 saturated carbocycles. The van der Waals surface area contributed by atoms with Crippen LogP contribution in [0.4, 0.5) is 5.82 Å². The molecule has 0 aliphatic carbocycles. The van der Waals surface area contributed by atoms with Crippen molar-refractivity contribution in [3.05, 3.63) is 5.69 Å². The molecule has 0 spiro atoms. The number of hydrogen-bond acceptors (Lipinski definition) is 6. The zero-order valence-electron chi connectivity index (χ0n) is 6.70. The van der Waals surface area contributed by atoms with Crippen molar-refractivity contribution in [3.8, 4) is 0 Å². The molecule has 0 fully saturated rings. The Balaban J connectivity index is 2.59. The summed E-state index contributed by atoms with van der Waals surface area (Å²) in [5.41, 5.74) is 9.14. The van der Waals surface area contributed by atoms with Crippen LogP contribution in [-0.4, -0.2) is 22.1 Å². The maximum absolute atomic E-state index is 11.1. The Morgan fingerprint density at radius 1 is 1.38 bits per heavy atom. The molecule has 13 heavy (non-hydrogen) atoms. The third kappa shape index (κ3) is 2.15. The van der Waals surface area contributed by atoms with Gasteiger partial charge in [-0.1, -0.05) is 0 Å². The lowest BCUT2D eigenvalue weighted by molar-refractivity contribution is -0.119. The van der Waals surface area contributed by atoms with Crippen LogP contribution in [0.1, 0.15) is 17.4 Å². The molecule has 1 heterocycles. The van der Waals surface area contributed by atoms with Crippen LogP contribution in [0.3, 0.4) is 0 Å². The normalized spacial score (nSPS) is 9.31. The Labute approximate surface area is 72.4 Å². The van der Waals surface area contributed by atoms with Gasteiger partial charge in [0.05, 0.1) is 0 Å². The van der Waals surface area contributed by atoms with Gasteiger partial charge in [-0.2, -0.15) is 0 Å². The predicted molar refractivity (Wildman–Crippen MR) is 40.0 cm³/mol. The van der Waals surface area contributed by atoms with Crippen LogP contribution in [0, 0.1) is 0 Å². The van der Waals surface area contributed by atoms with E-state index >= 15 is 0 Å². The zero-order valence-corrected chi connectivity index (χ0v) is 6.70. The monoisotopic (exact) mass is 185 g/mol. The van der Waals surface area contributed by atoms with Gasteiger partial charge in [-0.15, -0.1) is 0 Å². The summed E-state index contributed by atoms with van der Waals surface area (Å²) in [6, 6.07) is 0. The highest BCUT2D eigenvalue weighted by Gasteiger charge is 2.15. The summed E-state index contributed by atoms with van der Waals surface area (Å²) in [6.07, 6.45) is 0. The number of nitrogens with zero attached hydrogens (tertiary/aromatic N) is 2. The first-order chi connectivity index (χ1) is 6.11. The molecule has 1 aromatic rings. The fourth-order valence-electron chi connectivity index (χ4n) is 0.557. The summed E-state index contributed by atoms with van der Waals surface area (Å²) in [6.45, 7) is 1.24. The summed E-state index contributed by atoms with van der Waals surface area (Å²) >= 11 is 0. The molecule has 0 atom stereocenters. The lowest BCUT2D eigenvalue weighted by Crippen LogP contribution is -2.40. The Morgan fingerprint density at radius 2 is 2.08 bits per heavy atom. The molecule has 0 saturated heterocycles. The topological polar surface area (TPSA) is 123 Å². The minimum Gasteiger partial charge on any atom is -0.379 e. The van der Waals surface area contributed by atoms with Crippen molar-refractivity contribution < 1.29 is 14.2 Å². The molecule has 2 amide bonds. The van der Waals surface area contributed by atoms with Gasteiger partial charge in [-0.3, -0.25) is 20.4 Å². The van der Waals surface area contributed by atoms with E-state index in [0.717, 1.165) is 0 Å². The molecule has 0 aliphatic rings. The van der Waals surface area contributed by atoms with Gasteiger partial charge in [0.2, 0.25) is 17.4 Å². The Kier molecular flexibility index (Phi) is 2.43. The molecule has 0 unspecified atom stereocenters. The van der Waals surface area contributed by atoms with E-state index in [9.17, 15) is 9.59 Å². The summed E-state index contributed by atoms with van der Waals surface area (Å²) < 4.78 is 4.17. The van der Waals surface area contributed by atoms with Gasteiger partial charge in [0, 0.05) is 6.92 Å². The van der Waals surface area contributed by atoms with Crippen LogP contribution in [0.2, 0.25) is 0 Å². The molecule has 8 nitrogen and oxygen atoms in total. The van der Waals surface area contributed by atoms with E-state index in [1.54, 1.807) is 0 Å². The van der Waals surface area contributed by atoms with Crippen LogP contribution in [0.25, 0.3) is 0 Å². The number of amides is 2. The van der Waals surface area contributed by atoms with Gasteiger partial charge >= 0.3 is 0 Å². The number of anilines is 1. The van der Waals surface area contributed by atoms with Crippen molar-refractivity contribution in [1.82, 2.24) is 21.2 Å². The van der Waals surface area contributed by atoms with Crippen molar-refractivity contribution in [2.75, 3.05) is 5.73 Å². The molecular weight excluding hydrogens is 178 g/mol. The number of hydrogen-bond donors (Lipinski definition) is 3. The van der Waals surface area contributed by atoms with E-state index in [4.69, 9.17) is 5.73 Å². The Morgan fingerprint density at radius 3 is 2.54 bits per heavy atom. The average Bonchev–Trinajstić information content (AvgIpc) is 2.47. The first-order valence-corrected chi connectivity index (χ1v) is 3.26. The third-order valence-corrected chi connectivity index (χ3v) is 1.08. The van der Waals surface area contributed by atoms with Gasteiger partial charge in [0.25, 0.3) is 5.91 Å². The number of hydrazine groups is 1. The molecular formula is C5H7N5O3. The summed E-state index contributed by atoms with van der Waals surface area (Å²) in [7, 11) is 0. The van der Waals surface area contributed by atoms with Crippen LogP contribution >= 0.6 is 0 Å². The van der Waals surface area contributed by atoms with E-state index in [2.05, 4.69) is 20.4 Å². The highest BCUT2D eigenvalue weighted by atomic mass is 16.6. The highest BCUT2D eigenvalue weighted by molar-refractivity contribution is 5.96. The average molecular weight is 185 g/mol. The number of carbonyl (C=O) groups is 2. The fraction of sp³-hybridized carbons (Fsp3) is 0.200. The minimum absolute atomic E-state index is 0.136. The fourth-order valence-corrected chi connectivity index (χ4v) is 0.557. The number of nitrogens with two attached hydrogens (primary N) is 1. The molecule has 8 heteroatoms. The molecule has 0 radical (unpaired) electrons. The molecule has 0 aliphatic heterocycles. The Hall–Kier alpha value is -2.12. The molecule has 0 bridgehead atoms. The van der Waals surface area contributed by atoms with Gasteiger partial charge in [0.1, 0.15) is 0 Å². The number of nitrogen functional groups attached to an aromatic ring is 1. The molecule has 1 rings (SSSR count).